The Kier molecular flexibility index (Phi) is 13.4. The largest absolute Gasteiger partial charge is 1.00 e. The minimum atomic E-state index is -4.49. The molecule has 7 nitrogen and oxygen atoms in total. The number of halogens is 4. The zero-order valence-electron chi connectivity index (χ0n) is 16.7. The van der Waals surface area contributed by atoms with Crippen LogP contribution >= 0.6 is 11.6 Å². The maximum atomic E-state index is 12.3. The number of fused-ring (bicyclic) bond motifs is 1. The first-order chi connectivity index (χ1) is 14.2. The average Bonchev–Trinajstić information content (AvgIpc) is 3.08. The summed E-state index contributed by atoms with van der Waals surface area (Å²) < 4.78 is 56.8. The summed E-state index contributed by atoms with van der Waals surface area (Å²) in [4.78, 5) is 15.8. The molecule has 0 saturated carbocycles. The number of alkyl halides is 3. The Morgan fingerprint density at radius 3 is 2.48 bits per heavy atom. The van der Waals surface area contributed by atoms with E-state index >= 15 is 0 Å². The van der Waals surface area contributed by atoms with Gasteiger partial charge in [0, 0.05) is 25.3 Å². The van der Waals surface area contributed by atoms with Gasteiger partial charge in [-0.2, -0.15) is 13.2 Å². The Morgan fingerprint density at radius 2 is 1.90 bits per heavy atom. The van der Waals surface area contributed by atoms with Crippen LogP contribution in [0.15, 0.2) is 34.9 Å². The van der Waals surface area contributed by atoms with Gasteiger partial charge in [-0.1, -0.05) is 11.6 Å². The minimum Gasteiger partial charge on any atom is -0.581 e. The van der Waals surface area contributed by atoms with Gasteiger partial charge < -0.3 is 30.3 Å². The van der Waals surface area contributed by atoms with E-state index in [9.17, 15) is 13.2 Å². The SMILES string of the molecule is Cc1nc2ccc(Oc3ncc(Cl)cc3OCC(F)(F)F)cc2o1.[CH-]=O.[CH2-]CO[CH2-].[Na+]. The molecular weight excluding hydrogens is 452 g/mol. The number of carbonyl (C=O) groups excluding carboxylic acids is 1. The third-order valence-corrected chi connectivity index (χ3v) is 3.21. The molecular formula is C19H17ClF3N2NaO5-2. The predicted octanol–water partition coefficient (Wildman–Crippen LogP) is 2.28. The van der Waals surface area contributed by atoms with E-state index < -0.39 is 12.8 Å². The summed E-state index contributed by atoms with van der Waals surface area (Å²) >= 11 is 5.75. The van der Waals surface area contributed by atoms with Gasteiger partial charge in [-0.05, 0) is 12.1 Å². The van der Waals surface area contributed by atoms with Crippen molar-refractivity contribution in [2.45, 2.75) is 13.1 Å². The molecule has 0 radical (unpaired) electrons. The van der Waals surface area contributed by atoms with Gasteiger partial charge in [0.05, 0.1) is 5.02 Å². The quantitative estimate of drug-likeness (QED) is 0.323. The molecule has 0 aliphatic rings. The molecule has 12 heteroatoms. The monoisotopic (exact) mass is 468 g/mol. The van der Waals surface area contributed by atoms with Crippen LogP contribution in [0.2, 0.25) is 5.02 Å². The predicted molar refractivity (Wildman–Crippen MR) is 103 cm³/mol. The number of ether oxygens (including phenoxy) is 3. The smallest absolute Gasteiger partial charge is 0.581 e. The molecule has 0 aliphatic carbocycles. The van der Waals surface area contributed by atoms with Crippen LogP contribution in [-0.2, 0) is 9.53 Å². The summed E-state index contributed by atoms with van der Waals surface area (Å²) in [6.45, 7) is 7.25. The van der Waals surface area contributed by atoms with E-state index in [4.69, 9.17) is 30.3 Å². The van der Waals surface area contributed by atoms with Crippen molar-refractivity contribution in [1.29, 1.82) is 0 Å². The fraction of sp³-hybridized carbons (Fsp3) is 0.211. The molecule has 2 heterocycles. The first-order valence-corrected chi connectivity index (χ1v) is 8.39. The van der Waals surface area contributed by atoms with E-state index in [1.54, 1.807) is 25.1 Å². The minimum absolute atomic E-state index is 0. The number of aryl methyl sites for hydroxylation is 1. The van der Waals surface area contributed by atoms with Crippen molar-refractivity contribution in [1.82, 2.24) is 9.97 Å². The average molecular weight is 469 g/mol. The van der Waals surface area contributed by atoms with E-state index in [2.05, 4.69) is 35.5 Å². The Balaban J connectivity index is 0.00000116. The molecule has 0 atom stereocenters. The van der Waals surface area contributed by atoms with Crippen LogP contribution in [0.4, 0.5) is 13.2 Å². The second-order valence-electron chi connectivity index (χ2n) is 5.23. The molecule has 0 aliphatic heterocycles. The van der Waals surface area contributed by atoms with Gasteiger partial charge in [-0.3, -0.25) is 6.79 Å². The van der Waals surface area contributed by atoms with Crippen molar-refractivity contribution >= 4 is 29.5 Å². The summed E-state index contributed by atoms with van der Waals surface area (Å²) in [7, 11) is 3.04. The van der Waals surface area contributed by atoms with E-state index in [1.165, 1.54) is 12.3 Å². The molecule has 0 N–H and O–H groups in total. The van der Waals surface area contributed by atoms with Crippen LogP contribution in [0.25, 0.3) is 11.1 Å². The van der Waals surface area contributed by atoms with Gasteiger partial charge in [0.15, 0.2) is 23.8 Å². The Bertz CT molecular complexity index is 939. The van der Waals surface area contributed by atoms with E-state index in [-0.39, 0.29) is 46.2 Å². The molecule has 0 saturated heterocycles. The number of hydrogen-bond acceptors (Lipinski definition) is 7. The van der Waals surface area contributed by atoms with Crippen molar-refractivity contribution in [3.63, 3.8) is 0 Å². The molecule has 164 valence electrons. The number of oxazole rings is 1. The number of rotatable bonds is 5. The number of hydrogen-bond donors (Lipinski definition) is 0. The summed E-state index contributed by atoms with van der Waals surface area (Å²) in [6.07, 6.45) is -3.25. The first-order valence-electron chi connectivity index (χ1n) is 8.01. The Morgan fingerprint density at radius 1 is 1.26 bits per heavy atom. The van der Waals surface area contributed by atoms with Crippen LogP contribution in [0.5, 0.6) is 17.4 Å². The van der Waals surface area contributed by atoms with Crippen LogP contribution in [0.3, 0.4) is 0 Å². The molecule has 31 heavy (non-hydrogen) atoms. The number of benzene rings is 1. The molecule has 0 spiro atoms. The van der Waals surface area contributed by atoms with E-state index in [1.807, 2.05) is 0 Å². The summed E-state index contributed by atoms with van der Waals surface area (Å²) in [5.74, 6) is 0.444. The summed E-state index contributed by atoms with van der Waals surface area (Å²) in [5, 5.41) is 0.126. The number of aromatic nitrogens is 2. The van der Waals surface area contributed by atoms with Crippen molar-refractivity contribution in [3.05, 3.63) is 55.4 Å². The third kappa shape index (κ3) is 10.3. The zero-order valence-corrected chi connectivity index (χ0v) is 19.5. The standard InChI is InChI=1S/C15H10ClF3N2O3.C3H6O.CHO.Na/c1-8-21-11-3-2-10(5-12(11)23-8)24-14-13(4-9(16)6-20-14)22-7-15(17,18)19;1-3-4-2;1-2;/h2-6H,7H2,1H3;1-3H2;1H;/q;-2;-1;+1. The second kappa shape index (κ2) is 14.3. The molecule has 3 rings (SSSR count). The summed E-state index contributed by atoms with van der Waals surface area (Å²) in [5.41, 5.74) is 1.12. The first kappa shape index (κ1) is 29.1. The Hall–Kier alpha value is -1.85. The van der Waals surface area contributed by atoms with Crippen LogP contribution in [0.1, 0.15) is 5.89 Å². The van der Waals surface area contributed by atoms with E-state index in [0.717, 1.165) is 0 Å². The number of pyridine rings is 1. The van der Waals surface area contributed by atoms with Crippen LogP contribution < -0.4 is 39.0 Å². The normalized spacial score (nSPS) is 10.2. The van der Waals surface area contributed by atoms with Crippen LogP contribution in [0, 0.1) is 21.0 Å². The van der Waals surface area contributed by atoms with Crippen molar-refractivity contribution in [2.75, 3.05) is 13.2 Å². The third-order valence-electron chi connectivity index (χ3n) is 3.00. The van der Waals surface area contributed by atoms with Crippen molar-refractivity contribution < 1.29 is 66.2 Å². The molecule has 0 bridgehead atoms. The summed E-state index contributed by atoms with van der Waals surface area (Å²) in [6, 6.07) is 6.01. The molecule has 1 aromatic carbocycles. The van der Waals surface area contributed by atoms with Crippen molar-refractivity contribution in [3.8, 4) is 17.4 Å². The molecule has 0 fully saturated rings. The van der Waals surface area contributed by atoms with E-state index in [0.29, 0.717) is 29.3 Å². The molecule has 3 aromatic rings. The molecule has 0 amide bonds. The van der Waals surface area contributed by atoms with Crippen LogP contribution in [-0.4, -0.2) is 36.1 Å². The van der Waals surface area contributed by atoms with Gasteiger partial charge in [-0.25, -0.2) is 17.1 Å². The van der Waals surface area contributed by atoms with Gasteiger partial charge in [0.25, 0.3) is 5.88 Å². The van der Waals surface area contributed by atoms with Gasteiger partial charge in [0.1, 0.15) is 11.3 Å². The fourth-order valence-electron chi connectivity index (χ4n) is 1.94. The second-order valence-corrected chi connectivity index (χ2v) is 5.67. The van der Waals surface area contributed by atoms with Gasteiger partial charge in [0.2, 0.25) is 0 Å². The maximum absolute atomic E-state index is 12.3. The number of nitrogens with zero attached hydrogens (tertiary/aromatic N) is 2. The molecule has 2 aromatic heterocycles. The maximum Gasteiger partial charge on any atom is 1.00 e. The molecule has 0 unspecified atom stereocenters. The Labute approximate surface area is 204 Å². The van der Waals surface area contributed by atoms with Gasteiger partial charge >= 0.3 is 35.7 Å². The van der Waals surface area contributed by atoms with Gasteiger partial charge in [-0.15, -0.1) is 6.61 Å². The topological polar surface area (TPSA) is 83.7 Å². The van der Waals surface area contributed by atoms with Crippen molar-refractivity contribution in [2.24, 2.45) is 0 Å². The zero-order chi connectivity index (χ0) is 22.7. The fourth-order valence-corrected chi connectivity index (χ4v) is 2.09.